The first-order valence-electron chi connectivity index (χ1n) is 47.5. The predicted octanol–water partition coefficient (Wildman–Crippen LogP) is 34.2. The molecule has 6 rings (SSSR count). The Bertz CT molecular complexity index is 3640. The summed E-state index contributed by atoms with van der Waals surface area (Å²) in [6.07, 6.45) is 17.3. The van der Waals surface area contributed by atoms with Crippen LogP contribution in [-0.2, 0) is 144 Å². The van der Waals surface area contributed by atoms with E-state index in [1.807, 2.05) is 249 Å². The molecule has 1 aromatic heterocycles. The van der Waals surface area contributed by atoms with Gasteiger partial charge in [-0.05, 0) is 129 Å². The largest absolute Gasteiger partial charge is 2.00 e. The fourth-order valence-electron chi connectivity index (χ4n) is 8.00. The van der Waals surface area contributed by atoms with E-state index in [2.05, 4.69) is 119 Å². The fourth-order valence-corrected chi connectivity index (χ4v) is 8.89. The molecule has 0 bridgehead atoms. The van der Waals surface area contributed by atoms with E-state index in [-0.39, 0.29) is 174 Å². The van der Waals surface area contributed by atoms with Crippen molar-refractivity contribution in [2.24, 2.45) is 16.2 Å². The van der Waals surface area contributed by atoms with E-state index >= 15 is 0 Å². The van der Waals surface area contributed by atoms with Crippen LogP contribution in [0.5, 0.6) is 0 Å². The number of carbonyl (C=O) groups is 7. The Morgan fingerprint density at radius 3 is 0.980 bits per heavy atom. The summed E-state index contributed by atoms with van der Waals surface area (Å²) in [5.74, 6) is 1.86. The van der Waals surface area contributed by atoms with Gasteiger partial charge in [-0.15, -0.1) is 11.0 Å². The maximum atomic E-state index is 11.3. The normalized spacial score (nSPS) is 10.1. The molecule has 0 saturated heterocycles. The number of carbonyl (C=O) groups excluding carboxylic acids is 8. The third-order valence-corrected chi connectivity index (χ3v) is 17.3. The zero-order chi connectivity index (χ0) is 109. The van der Waals surface area contributed by atoms with Crippen molar-refractivity contribution in [1.82, 2.24) is 0 Å². The van der Waals surface area contributed by atoms with Gasteiger partial charge in [0.15, 0.2) is 42.0 Å². The van der Waals surface area contributed by atoms with Gasteiger partial charge in [0, 0.05) is 93.7 Å². The summed E-state index contributed by atoms with van der Waals surface area (Å²) in [6.45, 7) is 66.5. The van der Waals surface area contributed by atoms with Crippen molar-refractivity contribution in [3.63, 3.8) is 0 Å². The average Bonchev–Trinajstić information content (AvgIpc) is 1.68. The van der Waals surface area contributed by atoms with Crippen molar-refractivity contribution >= 4 is 82.6 Å². The van der Waals surface area contributed by atoms with Crippen molar-refractivity contribution in [2.45, 2.75) is 428 Å². The van der Waals surface area contributed by atoms with Crippen LogP contribution in [0.25, 0.3) is 0 Å². The molecule has 6 aromatic rings. The molecule has 878 valence electrons. The number of ether oxygens (including phenoxy) is 11. The minimum atomic E-state index is -0.682. The first-order chi connectivity index (χ1) is 64.0. The van der Waals surface area contributed by atoms with Gasteiger partial charge in [-0.2, -0.15) is 64.6 Å². The van der Waals surface area contributed by atoms with E-state index in [4.69, 9.17) is 56.2 Å². The number of Topliss-reactive ketones (excluding diaryl/α,β-unsaturated/α-hetero) is 4. The molecular weight excluding hydrogens is 2100 g/mol. The first-order valence-corrected chi connectivity index (χ1v) is 51.5. The van der Waals surface area contributed by atoms with Crippen LogP contribution in [0.4, 0.5) is 0 Å². The molecule has 26 heteroatoms. The van der Waals surface area contributed by atoms with E-state index in [1.54, 1.807) is 86.4 Å². The Morgan fingerprint density at radius 1 is 0.412 bits per heavy atom. The van der Waals surface area contributed by atoms with Gasteiger partial charge in [0.25, 0.3) is 0 Å². The summed E-state index contributed by atoms with van der Waals surface area (Å²) in [6, 6.07) is 46.2. The Kier molecular flexibility index (Phi) is 173. The quantitative estimate of drug-likeness (QED) is 0.0169. The molecule has 0 aliphatic carbocycles. The first kappa shape index (κ1) is 195. The summed E-state index contributed by atoms with van der Waals surface area (Å²) in [7, 11) is 12.6. The van der Waals surface area contributed by atoms with Gasteiger partial charge in [-0.1, -0.05) is 381 Å². The van der Waals surface area contributed by atoms with Crippen LogP contribution in [0, 0.1) is 36.2 Å². The Hall–Kier alpha value is -6.71. The second-order valence-corrected chi connectivity index (χ2v) is 38.9. The van der Waals surface area contributed by atoms with Crippen LogP contribution in [0.2, 0.25) is 0 Å². The van der Waals surface area contributed by atoms with Crippen LogP contribution in [-0.4, -0.2) is 177 Å². The second kappa shape index (κ2) is 131. The molecule has 0 fully saturated rings. The molecule has 0 amide bonds. The summed E-state index contributed by atoms with van der Waals surface area (Å²) < 4.78 is 63.9. The van der Waals surface area contributed by atoms with Crippen LogP contribution < -0.4 is 5.82 Å². The molecule has 22 nitrogen and oxygen atoms in total. The molecule has 4 atom stereocenters. The molecule has 0 spiro atoms. The van der Waals surface area contributed by atoms with Crippen molar-refractivity contribution in [2.75, 3.05) is 100 Å². The minimum Gasteiger partial charge on any atom is -0.541 e. The van der Waals surface area contributed by atoms with Crippen molar-refractivity contribution < 1.29 is 120 Å². The molecule has 0 aliphatic heterocycles. The summed E-state index contributed by atoms with van der Waals surface area (Å²) in [4.78, 5) is 97.6. The van der Waals surface area contributed by atoms with E-state index in [0.29, 0.717) is 71.4 Å². The molecule has 0 saturated carbocycles. The molecule has 4 unspecified atom stereocenters. The number of esters is 3. The second-order valence-electron chi connectivity index (χ2n) is 35.5. The number of thioether (sulfide) groups is 3. The summed E-state index contributed by atoms with van der Waals surface area (Å²) >= 11 is 5.06. The van der Waals surface area contributed by atoms with E-state index in [1.165, 1.54) is 77.9 Å². The molecule has 0 radical (unpaired) electrons. The van der Waals surface area contributed by atoms with Gasteiger partial charge in [-0.25, -0.2) is 4.79 Å². The number of methoxy groups -OCH3 is 8. The average molecular weight is 2330 g/mol. The van der Waals surface area contributed by atoms with Crippen LogP contribution in [0.1, 0.15) is 403 Å². The number of rotatable bonds is 31. The molecule has 148 heavy (non-hydrogen) atoms. The Morgan fingerprint density at radius 2 is 0.703 bits per heavy atom. The van der Waals surface area contributed by atoms with Gasteiger partial charge in [-0.3, -0.25) is 39.8 Å². The summed E-state index contributed by atoms with van der Waals surface area (Å²) in [5.41, 5.74) is 7.03. The van der Waals surface area contributed by atoms with Crippen molar-refractivity contribution in [3.8, 4) is 0 Å². The maximum absolute atomic E-state index is 11.3. The Labute approximate surface area is 941 Å². The number of aryl methyl sites for hydroxylation is 2. The third kappa shape index (κ3) is 157. The van der Waals surface area contributed by atoms with E-state index < -0.39 is 30.1 Å². The SMILES string of the molecule is C.C.C.C.C.C.C.C.C.C.CC.CC(C)(C)[C-]=O.CCC.CCC.CCC.CCC.CCCC(=O)COC.CCCC(=O)CSC.COC(C)(C)C.COC(C)OC(=O)C(C)(C)C.COC(C)OC(=O)CC(C)(C)C.COC(C)OC(=O)Cc1ccccc1.COC(C)c1cc(C)[c-]c(C)c1.COCC(=O)Cc1ccccc1.COCc1oc(=O)oc1Cc1ccccc1.CSC(C)(C)C.CSCC(=O)Cc1ccccc1.[W+2]. The number of ketones is 4. The predicted molar refractivity (Wildman–Crippen MR) is 647 cm³/mol. The van der Waals surface area contributed by atoms with Crippen LogP contribution >= 0.6 is 35.3 Å². The molecular formula is C122H234O22S3W. The molecule has 5 aromatic carbocycles. The smallest absolute Gasteiger partial charge is 0.541 e. The van der Waals surface area contributed by atoms with Gasteiger partial charge < -0.3 is 65.7 Å². The van der Waals surface area contributed by atoms with Crippen molar-refractivity contribution in [3.05, 3.63) is 201 Å². The van der Waals surface area contributed by atoms with Gasteiger partial charge in [0.1, 0.15) is 31.4 Å². The minimum absolute atomic E-state index is 0. The van der Waals surface area contributed by atoms with Gasteiger partial charge in [0.05, 0.1) is 41.5 Å². The van der Waals surface area contributed by atoms with Gasteiger partial charge >= 0.3 is 44.8 Å². The zero-order valence-electron chi connectivity index (χ0n) is 94.4. The number of hydrogen-bond acceptors (Lipinski definition) is 25. The number of benzene rings is 5. The monoisotopic (exact) mass is 2330 g/mol. The van der Waals surface area contributed by atoms with Crippen LogP contribution in [0.15, 0.2) is 147 Å². The maximum Gasteiger partial charge on any atom is 2.00 e. The third-order valence-electron chi connectivity index (χ3n) is 14.8. The molecule has 0 N–H and O–H groups in total. The number of hydrogen-bond donors (Lipinski definition) is 0. The molecule has 0 aliphatic rings. The van der Waals surface area contributed by atoms with E-state index in [0.717, 1.165) is 41.5 Å². The fraction of sp³-hybridized carbons (Fsp3) is 0.664. The molecule has 1 heterocycles. The summed E-state index contributed by atoms with van der Waals surface area (Å²) in [5, 5.41) is 0. The van der Waals surface area contributed by atoms with E-state index in [9.17, 15) is 43.2 Å². The zero-order valence-corrected chi connectivity index (χ0v) is 99.7. The topological polar surface area (TPSA) is 281 Å². The standard InChI is InChI=1S/C12H12O4.C11H14O3.C11H15O.C10H12O2.C10H12OS.C9H18O3.C8H16O3.C6H12O2.C6H12OS.C5H12O.C5H9O.C5H12S.4C3H8.C2H6.10CH4.W/c1-14-8-11-10(15-12(13)16-11)7-9-5-3-2-4-6-9;1-9(13-2)14-11(12)8-10-6-4-3-5-7-10;1-8-5-9(2)7-11(6-8)10(3)12-4;2*1-12-8-10(11)7-9-5-3-2-4-6-9;1-7(11-5)12-8(10)6-9(2,3)4;1-6(10-5)11-7(9)8(2,3)4;2*1-3-4-6(7)5-8-2;1-5(2,3)6-4;1-5(2,3)4-6;1-5(2,3)6-4;4*1-3-2;1-2;;;;;;;;;;;/h2-6H,7-8H2,1H3;3-7,9H,8H2,1-2H3;6-7,10H,1-4H3;2*2-6H,7-8H2,1H3;7H,6H2,1-5H3;6H,1-5H3;2*3-5H2,1-2H3;1-4H3;1-3H3;1-4H3;4*3H2,1-2H3;1-2H3;10*1H4;/q;;-1;;;;;;;;-1;;;;;;;;;;;;;;;;;+2. The van der Waals surface area contributed by atoms with Crippen molar-refractivity contribution in [1.29, 1.82) is 0 Å². The Balaban J connectivity index is -0.0000000579. The van der Waals surface area contributed by atoms with Gasteiger partial charge in [0.2, 0.25) is 0 Å². The van der Waals surface area contributed by atoms with Crippen LogP contribution in [0.3, 0.4) is 0 Å².